The van der Waals surface area contributed by atoms with Gasteiger partial charge in [-0.25, -0.2) is 0 Å². The summed E-state index contributed by atoms with van der Waals surface area (Å²) in [6.45, 7) is 2.57. The number of ether oxygens (including phenoxy) is 1. The van der Waals surface area contributed by atoms with E-state index in [-0.39, 0.29) is 12.5 Å². The van der Waals surface area contributed by atoms with Crippen molar-refractivity contribution in [3.63, 3.8) is 0 Å². The van der Waals surface area contributed by atoms with Crippen molar-refractivity contribution in [2.45, 2.75) is 32.7 Å². The van der Waals surface area contributed by atoms with E-state index >= 15 is 0 Å². The van der Waals surface area contributed by atoms with Crippen LogP contribution in [0.25, 0.3) is 10.9 Å². The van der Waals surface area contributed by atoms with E-state index in [0.717, 1.165) is 39.1 Å². The number of nitrogens with zero attached hydrogens (tertiary/aromatic N) is 3. The van der Waals surface area contributed by atoms with Crippen LogP contribution < -0.4 is 4.74 Å². The van der Waals surface area contributed by atoms with Crippen molar-refractivity contribution in [3.8, 4) is 11.6 Å². The maximum Gasteiger partial charge on any atom is 0.302 e. The number of hydrogen-bond donors (Lipinski definition) is 1. The minimum Gasteiger partial charge on any atom is -0.493 e. The maximum atomic E-state index is 12.1. The van der Waals surface area contributed by atoms with E-state index < -0.39 is 5.91 Å². The Morgan fingerprint density at radius 1 is 1.17 bits per heavy atom. The Balaban J connectivity index is 1.75. The molecule has 0 saturated carbocycles. The SMILES string of the molecule is CCCCCn1c(O)c(N=NC(=O)COc2ccc(Br)cc2Br)c2ccccc21. The van der Waals surface area contributed by atoms with Gasteiger partial charge in [0.05, 0.1) is 9.99 Å². The molecule has 1 aromatic heterocycles. The molecule has 8 heteroatoms. The molecule has 152 valence electrons. The van der Waals surface area contributed by atoms with E-state index in [1.54, 1.807) is 6.07 Å². The van der Waals surface area contributed by atoms with E-state index in [0.29, 0.717) is 18.0 Å². The molecule has 0 atom stereocenters. The Morgan fingerprint density at radius 2 is 1.97 bits per heavy atom. The first-order valence-corrected chi connectivity index (χ1v) is 10.9. The summed E-state index contributed by atoms with van der Waals surface area (Å²) in [6, 6.07) is 13.0. The number of amides is 1. The van der Waals surface area contributed by atoms with Crippen LogP contribution in [0.15, 0.2) is 61.6 Å². The van der Waals surface area contributed by atoms with E-state index in [1.807, 2.05) is 41.0 Å². The Bertz CT molecular complexity index is 1050. The van der Waals surface area contributed by atoms with Crippen molar-refractivity contribution in [3.05, 3.63) is 51.4 Å². The highest BCUT2D eigenvalue weighted by Crippen LogP contribution is 2.39. The molecule has 29 heavy (non-hydrogen) atoms. The molecule has 1 N–H and O–H groups in total. The molecule has 0 aliphatic rings. The molecule has 1 heterocycles. The molecule has 0 aliphatic heterocycles. The van der Waals surface area contributed by atoms with Crippen LogP contribution in [0.2, 0.25) is 0 Å². The highest BCUT2D eigenvalue weighted by molar-refractivity contribution is 9.11. The van der Waals surface area contributed by atoms with Crippen molar-refractivity contribution in [1.29, 1.82) is 0 Å². The summed E-state index contributed by atoms with van der Waals surface area (Å²) in [5.74, 6) is 0.0181. The normalized spacial score (nSPS) is 11.4. The number of carbonyl (C=O) groups excluding carboxylic acids is 1. The van der Waals surface area contributed by atoms with Crippen molar-refractivity contribution >= 4 is 54.4 Å². The predicted molar refractivity (Wildman–Crippen MR) is 120 cm³/mol. The predicted octanol–water partition coefficient (Wildman–Crippen LogP) is 6.75. The second kappa shape index (κ2) is 10.0. The van der Waals surface area contributed by atoms with Crippen molar-refractivity contribution < 1.29 is 14.6 Å². The van der Waals surface area contributed by atoms with Crippen LogP contribution in [0.5, 0.6) is 11.6 Å². The van der Waals surface area contributed by atoms with Crippen LogP contribution in [0, 0.1) is 0 Å². The molecule has 0 radical (unpaired) electrons. The van der Waals surface area contributed by atoms with Gasteiger partial charge in [0.15, 0.2) is 12.3 Å². The van der Waals surface area contributed by atoms with Gasteiger partial charge in [-0.15, -0.1) is 10.2 Å². The molecule has 0 aliphatic carbocycles. The van der Waals surface area contributed by atoms with Gasteiger partial charge in [-0.2, -0.15) is 0 Å². The highest BCUT2D eigenvalue weighted by Gasteiger charge is 2.16. The molecule has 0 fully saturated rings. The second-order valence-corrected chi connectivity index (χ2v) is 8.28. The van der Waals surface area contributed by atoms with Gasteiger partial charge >= 0.3 is 5.91 Å². The number of rotatable bonds is 8. The average Bonchev–Trinajstić information content (AvgIpc) is 2.97. The van der Waals surface area contributed by atoms with Gasteiger partial charge in [0.2, 0.25) is 5.88 Å². The van der Waals surface area contributed by atoms with E-state index in [4.69, 9.17) is 4.74 Å². The van der Waals surface area contributed by atoms with Gasteiger partial charge in [-0.3, -0.25) is 4.79 Å². The summed E-state index contributed by atoms with van der Waals surface area (Å²) in [4.78, 5) is 12.1. The lowest BCUT2D eigenvalue weighted by molar-refractivity contribution is -0.120. The van der Waals surface area contributed by atoms with Gasteiger partial charge in [0.1, 0.15) is 5.75 Å². The van der Waals surface area contributed by atoms with Crippen LogP contribution in [-0.2, 0) is 11.3 Å². The lowest BCUT2D eigenvalue weighted by Crippen LogP contribution is -2.08. The molecule has 3 aromatic rings. The molecule has 1 amide bonds. The zero-order valence-corrected chi connectivity index (χ0v) is 19.1. The molecule has 2 aromatic carbocycles. The number of halogens is 2. The number of para-hydroxylation sites is 1. The first-order chi connectivity index (χ1) is 14.0. The number of aryl methyl sites for hydroxylation is 1. The van der Waals surface area contributed by atoms with E-state index in [1.165, 1.54) is 0 Å². The third-order valence-corrected chi connectivity index (χ3v) is 5.52. The van der Waals surface area contributed by atoms with Crippen LogP contribution >= 0.6 is 31.9 Å². The van der Waals surface area contributed by atoms with Crippen LogP contribution in [0.3, 0.4) is 0 Å². The summed E-state index contributed by atoms with van der Waals surface area (Å²) >= 11 is 6.75. The van der Waals surface area contributed by atoms with Crippen molar-refractivity contribution in [2.24, 2.45) is 10.2 Å². The Kier molecular flexibility index (Phi) is 7.44. The number of azo groups is 1. The lowest BCUT2D eigenvalue weighted by Gasteiger charge is -2.06. The summed E-state index contributed by atoms with van der Waals surface area (Å²) < 4.78 is 8.93. The molecular formula is C21H21Br2N3O3. The van der Waals surface area contributed by atoms with E-state index in [2.05, 4.69) is 49.0 Å². The molecule has 3 rings (SSSR count). The standard InChI is InChI=1S/C21H21Br2N3O3/c1-2-3-6-11-26-17-8-5-4-7-15(17)20(21(26)28)25-24-19(27)13-29-18-10-9-14(22)12-16(18)23/h4-5,7-10,12,28H,2-3,6,11,13H2,1H3. The fourth-order valence-electron chi connectivity index (χ4n) is 2.98. The van der Waals surface area contributed by atoms with Gasteiger partial charge in [0, 0.05) is 16.4 Å². The van der Waals surface area contributed by atoms with Crippen molar-refractivity contribution in [2.75, 3.05) is 6.61 Å². The topological polar surface area (TPSA) is 76.2 Å². The quantitative estimate of drug-likeness (QED) is 0.262. The third-order valence-electron chi connectivity index (χ3n) is 4.41. The molecule has 6 nitrogen and oxygen atoms in total. The van der Waals surface area contributed by atoms with Gasteiger partial charge in [-0.1, -0.05) is 53.9 Å². The summed E-state index contributed by atoms with van der Waals surface area (Å²) in [7, 11) is 0. The molecular weight excluding hydrogens is 502 g/mol. The second-order valence-electron chi connectivity index (χ2n) is 6.51. The number of aromatic hydroxyl groups is 1. The first-order valence-electron chi connectivity index (χ1n) is 9.34. The Morgan fingerprint density at radius 3 is 2.72 bits per heavy atom. The smallest absolute Gasteiger partial charge is 0.302 e. The monoisotopic (exact) mass is 521 g/mol. The number of benzene rings is 2. The Labute approximate surface area is 185 Å². The Hall–Kier alpha value is -2.19. The highest BCUT2D eigenvalue weighted by atomic mass is 79.9. The zero-order chi connectivity index (χ0) is 20.8. The average molecular weight is 523 g/mol. The fraction of sp³-hybridized carbons (Fsp3) is 0.286. The van der Waals surface area contributed by atoms with Crippen molar-refractivity contribution in [1.82, 2.24) is 4.57 Å². The number of aromatic nitrogens is 1. The molecule has 0 bridgehead atoms. The summed E-state index contributed by atoms with van der Waals surface area (Å²) in [6.07, 6.45) is 3.12. The molecule has 0 spiro atoms. The van der Waals surface area contributed by atoms with Crippen LogP contribution in [-0.4, -0.2) is 22.2 Å². The third kappa shape index (κ3) is 5.25. The number of carbonyl (C=O) groups is 1. The molecule has 0 saturated heterocycles. The maximum absolute atomic E-state index is 12.1. The van der Waals surface area contributed by atoms with Gasteiger partial charge in [-0.05, 0) is 46.6 Å². The summed E-state index contributed by atoms with van der Waals surface area (Å²) in [5, 5.41) is 19.2. The van der Waals surface area contributed by atoms with Gasteiger partial charge < -0.3 is 14.4 Å². The minimum absolute atomic E-state index is 0.0235. The fourth-order valence-corrected chi connectivity index (χ4v) is 4.14. The number of fused-ring (bicyclic) bond motifs is 1. The summed E-state index contributed by atoms with van der Waals surface area (Å²) in [5.41, 5.74) is 1.17. The first kappa shape index (κ1) is 21.5. The largest absolute Gasteiger partial charge is 0.493 e. The zero-order valence-electron chi connectivity index (χ0n) is 15.9. The van der Waals surface area contributed by atoms with Crippen LogP contribution in [0.1, 0.15) is 26.2 Å². The van der Waals surface area contributed by atoms with Gasteiger partial charge in [0.25, 0.3) is 0 Å². The van der Waals surface area contributed by atoms with Crippen LogP contribution in [0.4, 0.5) is 5.69 Å². The lowest BCUT2D eigenvalue weighted by atomic mass is 10.2. The number of unbranched alkanes of at least 4 members (excludes halogenated alkanes) is 2. The minimum atomic E-state index is -0.540. The molecule has 0 unspecified atom stereocenters. The number of hydrogen-bond acceptors (Lipinski definition) is 4. The van der Waals surface area contributed by atoms with E-state index in [9.17, 15) is 9.90 Å².